The molecule has 0 bridgehead atoms. The molecule has 1 atom stereocenters. The Morgan fingerprint density at radius 2 is 2.25 bits per heavy atom. The van der Waals surface area contributed by atoms with E-state index >= 15 is 0 Å². The second kappa shape index (κ2) is 6.18. The van der Waals surface area contributed by atoms with Crippen molar-refractivity contribution in [2.24, 2.45) is 0 Å². The SMILES string of the molecule is C[C@@H](Cn1cccn1)NC(=O)c1ccnc(N(C)C)c1. The summed E-state index contributed by atoms with van der Waals surface area (Å²) in [6.07, 6.45) is 5.24. The van der Waals surface area contributed by atoms with Crippen molar-refractivity contribution >= 4 is 11.7 Å². The van der Waals surface area contributed by atoms with Gasteiger partial charge < -0.3 is 10.2 Å². The van der Waals surface area contributed by atoms with Gasteiger partial charge in [0.15, 0.2) is 0 Å². The molecule has 0 aliphatic heterocycles. The molecule has 106 valence electrons. The topological polar surface area (TPSA) is 63.1 Å². The molecule has 2 aromatic heterocycles. The summed E-state index contributed by atoms with van der Waals surface area (Å²) in [5.74, 6) is 0.660. The first-order valence-corrected chi connectivity index (χ1v) is 6.48. The lowest BCUT2D eigenvalue weighted by Crippen LogP contribution is -2.35. The molecule has 0 radical (unpaired) electrons. The monoisotopic (exact) mass is 273 g/mol. The first-order valence-electron chi connectivity index (χ1n) is 6.48. The van der Waals surface area contributed by atoms with Gasteiger partial charge in [-0.15, -0.1) is 0 Å². The van der Waals surface area contributed by atoms with Gasteiger partial charge in [-0.3, -0.25) is 9.48 Å². The third-order valence-corrected chi connectivity index (χ3v) is 2.86. The molecule has 0 aliphatic rings. The second-order valence-electron chi connectivity index (χ2n) is 4.90. The zero-order valence-corrected chi connectivity index (χ0v) is 11.9. The van der Waals surface area contributed by atoms with E-state index in [4.69, 9.17) is 0 Å². The van der Waals surface area contributed by atoms with Crippen LogP contribution in [0.2, 0.25) is 0 Å². The van der Waals surface area contributed by atoms with Gasteiger partial charge in [0.05, 0.1) is 6.54 Å². The van der Waals surface area contributed by atoms with Gasteiger partial charge in [-0.2, -0.15) is 5.10 Å². The molecular weight excluding hydrogens is 254 g/mol. The van der Waals surface area contributed by atoms with Gasteiger partial charge in [-0.25, -0.2) is 4.98 Å². The summed E-state index contributed by atoms with van der Waals surface area (Å²) >= 11 is 0. The molecule has 0 aromatic carbocycles. The lowest BCUT2D eigenvalue weighted by atomic mass is 10.2. The fourth-order valence-corrected chi connectivity index (χ4v) is 1.85. The first-order chi connectivity index (χ1) is 9.56. The van der Waals surface area contributed by atoms with Crippen LogP contribution in [0, 0.1) is 0 Å². The number of amides is 1. The Hall–Kier alpha value is -2.37. The van der Waals surface area contributed by atoms with E-state index in [2.05, 4.69) is 15.4 Å². The molecule has 1 amide bonds. The van der Waals surface area contributed by atoms with Gasteiger partial charge in [0.1, 0.15) is 5.82 Å². The molecule has 0 saturated heterocycles. The molecule has 0 aliphatic carbocycles. The van der Waals surface area contributed by atoms with E-state index in [1.54, 1.807) is 29.2 Å². The van der Waals surface area contributed by atoms with E-state index in [1.165, 1.54) is 0 Å². The summed E-state index contributed by atoms with van der Waals surface area (Å²) in [5, 5.41) is 7.08. The van der Waals surface area contributed by atoms with Gasteiger partial charge in [0.25, 0.3) is 5.91 Å². The maximum atomic E-state index is 12.2. The molecule has 2 rings (SSSR count). The number of carbonyl (C=O) groups excluding carboxylic acids is 1. The molecule has 0 saturated carbocycles. The molecule has 0 unspecified atom stereocenters. The van der Waals surface area contributed by atoms with Crippen LogP contribution in [0.15, 0.2) is 36.8 Å². The normalized spacial score (nSPS) is 11.9. The first kappa shape index (κ1) is 14.0. The van der Waals surface area contributed by atoms with E-state index < -0.39 is 0 Å². The molecule has 0 spiro atoms. The van der Waals surface area contributed by atoms with Crippen LogP contribution in [-0.4, -0.2) is 40.8 Å². The van der Waals surface area contributed by atoms with Crippen LogP contribution in [0.4, 0.5) is 5.82 Å². The highest BCUT2D eigenvalue weighted by atomic mass is 16.1. The van der Waals surface area contributed by atoms with Crippen LogP contribution in [0.1, 0.15) is 17.3 Å². The van der Waals surface area contributed by atoms with Crippen molar-refractivity contribution in [3.05, 3.63) is 42.4 Å². The number of carbonyl (C=O) groups is 1. The quantitative estimate of drug-likeness (QED) is 0.888. The van der Waals surface area contributed by atoms with Crippen LogP contribution in [0.5, 0.6) is 0 Å². The standard InChI is InChI=1S/C14H19N5O/c1-11(10-19-8-4-6-16-19)17-14(20)12-5-7-15-13(9-12)18(2)3/h4-9,11H,10H2,1-3H3,(H,17,20)/t11-/m0/s1. The Kier molecular flexibility index (Phi) is 4.34. The van der Waals surface area contributed by atoms with Crippen LogP contribution in [-0.2, 0) is 6.54 Å². The zero-order valence-electron chi connectivity index (χ0n) is 11.9. The third-order valence-electron chi connectivity index (χ3n) is 2.86. The number of anilines is 1. The number of nitrogens with zero attached hydrogens (tertiary/aromatic N) is 4. The van der Waals surface area contributed by atoms with Crippen molar-refractivity contribution in [1.29, 1.82) is 0 Å². The smallest absolute Gasteiger partial charge is 0.251 e. The second-order valence-corrected chi connectivity index (χ2v) is 4.90. The fraction of sp³-hybridized carbons (Fsp3) is 0.357. The summed E-state index contributed by atoms with van der Waals surface area (Å²) in [5.41, 5.74) is 0.607. The Labute approximate surface area is 118 Å². The highest BCUT2D eigenvalue weighted by Gasteiger charge is 2.11. The highest BCUT2D eigenvalue weighted by molar-refractivity contribution is 5.94. The molecule has 1 N–H and O–H groups in total. The average molecular weight is 273 g/mol. The zero-order chi connectivity index (χ0) is 14.5. The van der Waals surface area contributed by atoms with Crippen molar-refractivity contribution in [2.45, 2.75) is 19.5 Å². The van der Waals surface area contributed by atoms with Crippen LogP contribution < -0.4 is 10.2 Å². The van der Waals surface area contributed by atoms with E-state index in [0.717, 1.165) is 5.82 Å². The summed E-state index contributed by atoms with van der Waals surface area (Å²) in [7, 11) is 3.79. The van der Waals surface area contributed by atoms with Gasteiger partial charge in [-0.05, 0) is 25.1 Å². The maximum Gasteiger partial charge on any atom is 0.251 e. The number of hydrogen-bond donors (Lipinski definition) is 1. The minimum atomic E-state index is -0.102. The van der Waals surface area contributed by atoms with Gasteiger partial charge >= 0.3 is 0 Å². The van der Waals surface area contributed by atoms with Crippen molar-refractivity contribution in [2.75, 3.05) is 19.0 Å². The van der Waals surface area contributed by atoms with Crippen molar-refractivity contribution < 1.29 is 4.79 Å². The van der Waals surface area contributed by atoms with Gasteiger partial charge in [0, 0.05) is 44.3 Å². The van der Waals surface area contributed by atoms with Gasteiger partial charge in [-0.1, -0.05) is 0 Å². The summed E-state index contributed by atoms with van der Waals surface area (Å²) in [4.78, 5) is 18.2. The summed E-state index contributed by atoms with van der Waals surface area (Å²) in [6, 6.07) is 5.35. The van der Waals surface area contributed by atoms with Crippen molar-refractivity contribution in [1.82, 2.24) is 20.1 Å². The van der Waals surface area contributed by atoms with Crippen molar-refractivity contribution in [3.8, 4) is 0 Å². The summed E-state index contributed by atoms with van der Waals surface area (Å²) < 4.78 is 1.79. The Balaban J connectivity index is 1.99. The maximum absolute atomic E-state index is 12.2. The van der Waals surface area contributed by atoms with E-state index in [9.17, 15) is 4.79 Å². The van der Waals surface area contributed by atoms with Crippen LogP contribution >= 0.6 is 0 Å². The van der Waals surface area contributed by atoms with E-state index in [0.29, 0.717) is 12.1 Å². The molecule has 2 aromatic rings. The van der Waals surface area contributed by atoms with Crippen LogP contribution in [0.3, 0.4) is 0 Å². The van der Waals surface area contributed by atoms with Gasteiger partial charge in [0.2, 0.25) is 0 Å². The Morgan fingerprint density at radius 1 is 1.45 bits per heavy atom. The molecule has 6 heteroatoms. The summed E-state index contributed by atoms with van der Waals surface area (Å²) in [6.45, 7) is 2.60. The van der Waals surface area contributed by atoms with E-state index in [1.807, 2.05) is 38.2 Å². The van der Waals surface area contributed by atoms with E-state index in [-0.39, 0.29) is 11.9 Å². The minimum absolute atomic E-state index is 0.00151. The molecule has 6 nitrogen and oxygen atoms in total. The third kappa shape index (κ3) is 3.57. The molecule has 0 fully saturated rings. The number of nitrogens with one attached hydrogen (secondary N) is 1. The predicted octanol–water partition coefficient (Wildman–Crippen LogP) is 1.16. The minimum Gasteiger partial charge on any atom is -0.363 e. The predicted molar refractivity (Wildman–Crippen MR) is 77.7 cm³/mol. The molecular formula is C14H19N5O. The Morgan fingerprint density at radius 3 is 2.90 bits per heavy atom. The largest absolute Gasteiger partial charge is 0.363 e. The lowest BCUT2D eigenvalue weighted by molar-refractivity contribution is 0.0936. The number of pyridine rings is 1. The molecule has 2 heterocycles. The number of rotatable bonds is 5. The number of hydrogen-bond acceptors (Lipinski definition) is 4. The molecule has 20 heavy (non-hydrogen) atoms. The van der Waals surface area contributed by atoms with Crippen molar-refractivity contribution in [3.63, 3.8) is 0 Å². The fourth-order valence-electron chi connectivity index (χ4n) is 1.85. The number of aromatic nitrogens is 3. The van der Waals surface area contributed by atoms with Crippen LogP contribution in [0.25, 0.3) is 0 Å². The lowest BCUT2D eigenvalue weighted by Gasteiger charge is -2.15. The average Bonchev–Trinajstić information content (AvgIpc) is 2.91. The Bertz CT molecular complexity index is 565. The highest BCUT2D eigenvalue weighted by Crippen LogP contribution is 2.09.